The van der Waals surface area contributed by atoms with Gasteiger partial charge in [-0.3, -0.25) is 5.10 Å². The van der Waals surface area contributed by atoms with Gasteiger partial charge in [0.05, 0.1) is 6.20 Å². The fourth-order valence-electron chi connectivity index (χ4n) is 1.74. The maximum Gasteiger partial charge on any atom is 0.126 e. The Hall–Kier alpha value is -2.23. The Morgan fingerprint density at radius 1 is 1.20 bits per heavy atom. The van der Waals surface area contributed by atoms with Crippen LogP contribution in [0.15, 0.2) is 36.7 Å². The third kappa shape index (κ3) is 1.19. The Kier molecular flexibility index (Phi) is 1.56. The molecule has 0 aliphatic heterocycles. The summed E-state index contributed by atoms with van der Waals surface area (Å²) < 4.78 is 0. The number of nitrogens with two attached hydrogens (primary N) is 1. The van der Waals surface area contributed by atoms with Crippen LogP contribution in [0.25, 0.3) is 22.0 Å². The molecule has 4 heteroatoms. The van der Waals surface area contributed by atoms with Gasteiger partial charge in [-0.15, -0.1) is 0 Å². The highest BCUT2D eigenvalue weighted by atomic mass is 15.1. The fourth-order valence-corrected chi connectivity index (χ4v) is 1.74. The highest BCUT2D eigenvalue weighted by Gasteiger charge is 2.05. The van der Waals surface area contributed by atoms with Crippen LogP contribution in [0, 0.1) is 0 Å². The molecule has 0 radical (unpaired) electrons. The minimum absolute atomic E-state index is 0.598. The second-order valence-corrected chi connectivity index (χ2v) is 3.48. The lowest BCUT2D eigenvalue weighted by Gasteiger charge is -1.99. The Balaban J connectivity index is 2.23. The van der Waals surface area contributed by atoms with E-state index in [1.165, 1.54) is 5.39 Å². The van der Waals surface area contributed by atoms with Crippen molar-refractivity contribution in [1.29, 1.82) is 0 Å². The molecule has 0 saturated heterocycles. The molecule has 0 amide bonds. The summed E-state index contributed by atoms with van der Waals surface area (Å²) in [7, 11) is 0. The zero-order chi connectivity index (χ0) is 10.3. The second kappa shape index (κ2) is 2.88. The average molecular weight is 198 g/mol. The van der Waals surface area contributed by atoms with E-state index in [2.05, 4.69) is 27.3 Å². The highest BCUT2D eigenvalue weighted by molar-refractivity contribution is 5.86. The quantitative estimate of drug-likeness (QED) is 0.560. The number of fused-ring (bicyclic) bond motifs is 1. The third-order valence-electron chi connectivity index (χ3n) is 2.53. The molecule has 3 aromatic rings. The largest absolute Gasteiger partial charge is 0.384 e. The maximum absolute atomic E-state index is 5.76. The van der Waals surface area contributed by atoms with Crippen molar-refractivity contribution in [1.82, 2.24) is 15.2 Å². The van der Waals surface area contributed by atoms with Gasteiger partial charge in [0.2, 0.25) is 0 Å². The van der Waals surface area contributed by atoms with Crippen LogP contribution in [0.3, 0.4) is 0 Å². The summed E-state index contributed by atoms with van der Waals surface area (Å²) in [5.41, 5.74) is 8.87. The summed E-state index contributed by atoms with van der Waals surface area (Å²) in [6.07, 6.45) is 3.66. The molecule has 2 heterocycles. The normalized spacial score (nSPS) is 10.9. The first-order valence-electron chi connectivity index (χ1n) is 4.71. The number of nitrogens with zero attached hydrogens (tertiary/aromatic N) is 1. The molecule has 0 aliphatic rings. The van der Waals surface area contributed by atoms with Gasteiger partial charge in [0.1, 0.15) is 5.82 Å². The van der Waals surface area contributed by atoms with Crippen LogP contribution >= 0.6 is 0 Å². The lowest BCUT2D eigenvalue weighted by atomic mass is 10.1. The second-order valence-electron chi connectivity index (χ2n) is 3.48. The van der Waals surface area contributed by atoms with E-state index in [-0.39, 0.29) is 0 Å². The molecule has 1 aromatic carbocycles. The lowest BCUT2D eigenvalue weighted by Crippen LogP contribution is -1.87. The molecule has 74 valence electrons. The molecule has 0 aliphatic carbocycles. The fraction of sp³-hybridized carbons (Fsp3) is 0. The summed E-state index contributed by atoms with van der Waals surface area (Å²) in [6, 6.07) is 8.21. The predicted octanol–water partition coefficient (Wildman–Crippen LogP) is 2.14. The summed E-state index contributed by atoms with van der Waals surface area (Å²) in [5.74, 6) is 0.598. The average Bonchev–Trinajstić information content (AvgIpc) is 2.84. The SMILES string of the molecule is Nc1[nH]ncc1-c1ccc2cc[nH]c2c1. The zero-order valence-electron chi connectivity index (χ0n) is 7.99. The highest BCUT2D eigenvalue weighted by Crippen LogP contribution is 2.26. The summed E-state index contributed by atoms with van der Waals surface area (Å²) in [5, 5.41) is 7.83. The molecule has 0 bridgehead atoms. The number of rotatable bonds is 1. The third-order valence-corrected chi connectivity index (χ3v) is 2.53. The van der Waals surface area contributed by atoms with Crippen LogP contribution < -0.4 is 5.73 Å². The number of hydrogen-bond acceptors (Lipinski definition) is 2. The topological polar surface area (TPSA) is 70.5 Å². The van der Waals surface area contributed by atoms with Gasteiger partial charge in [-0.2, -0.15) is 5.10 Å². The van der Waals surface area contributed by atoms with Crippen LogP contribution in [-0.4, -0.2) is 15.2 Å². The molecular formula is C11H10N4. The molecular weight excluding hydrogens is 188 g/mol. The van der Waals surface area contributed by atoms with Gasteiger partial charge in [0.15, 0.2) is 0 Å². The predicted molar refractivity (Wildman–Crippen MR) is 60.3 cm³/mol. The van der Waals surface area contributed by atoms with E-state index < -0.39 is 0 Å². The van der Waals surface area contributed by atoms with E-state index >= 15 is 0 Å². The van der Waals surface area contributed by atoms with Crippen LogP contribution in [-0.2, 0) is 0 Å². The van der Waals surface area contributed by atoms with Crippen molar-refractivity contribution < 1.29 is 0 Å². The monoisotopic (exact) mass is 198 g/mol. The van der Waals surface area contributed by atoms with Crippen LogP contribution in [0.5, 0.6) is 0 Å². The Bertz CT molecular complexity index is 606. The van der Waals surface area contributed by atoms with Gasteiger partial charge in [-0.25, -0.2) is 0 Å². The number of hydrogen-bond donors (Lipinski definition) is 3. The number of nitrogen functional groups attached to an aromatic ring is 1. The van der Waals surface area contributed by atoms with Crippen molar-refractivity contribution in [3.8, 4) is 11.1 Å². The van der Waals surface area contributed by atoms with Crippen molar-refractivity contribution >= 4 is 16.7 Å². The van der Waals surface area contributed by atoms with Crippen molar-refractivity contribution in [2.24, 2.45) is 0 Å². The van der Waals surface area contributed by atoms with Gasteiger partial charge >= 0.3 is 0 Å². The number of benzene rings is 1. The van der Waals surface area contributed by atoms with Crippen molar-refractivity contribution in [3.05, 3.63) is 36.7 Å². The number of anilines is 1. The molecule has 0 spiro atoms. The molecule has 4 N–H and O–H groups in total. The molecule has 0 fully saturated rings. The minimum Gasteiger partial charge on any atom is -0.384 e. The van der Waals surface area contributed by atoms with E-state index in [1.807, 2.05) is 18.3 Å². The van der Waals surface area contributed by atoms with Gasteiger partial charge in [0, 0.05) is 17.3 Å². The number of aromatic amines is 2. The van der Waals surface area contributed by atoms with E-state index in [4.69, 9.17) is 5.73 Å². The molecule has 2 aromatic heterocycles. The molecule has 15 heavy (non-hydrogen) atoms. The molecule has 0 saturated carbocycles. The Labute approximate surface area is 86.1 Å². The number of H-pyrrole nitrogens is 2. The lowest BCUT2D eigenvalue weighted by molar-refractivity contribution is 1.10. The van der Waals surface area contributed by atoms with E-state index in [9.17, 15) is 0 Å². The Morgan fingerprint density at radius 3 is 2.93 bits per heavy atom. The van der Waals surface area contributed by atoms with Crippen LogP contribution in [0.2, 0.25) is 0 Å². The van der Waals surface area contributed by atoms with E-state index in [0.29, 0.717) is 5.82 Å². The Morgan fingerprint density at radius 2 is 2.13 bits per heavy atom. The first kappa shape index (κ1) is 8.11. The van der Waals surface area contributed by atoms with Crippen molar-refractivity contribution in [2.45, 2.75) is 0 Å². The molecule has 3 rings (SSSR count). The van der Waals surface area contributed by atoms with Gasteiger partial charge in [-0.05, 0) is 23.1 Å². The van der Waals surface area contributed by atoms with E-state index in [1.54, 1.807) is 6.20 Å². The molecule has 4 nitrogen and oxygen atoms in total. The maximum atomic E-state index is 5.76. The molecule has 0 atom stereocenters. The van der Waals surface area contributed by atoms with Crippen molar-refractivity contribution in [3.63, 3.8) is 0 Å². The van der Waals surface area contributed by atoms with Gasteiger partial charge < -0.3 is 10.7 Å². The summed E-state index contributed by atoms with van der Waals surface area (Å²) >= 11 is 0. The van der Waals surface area contributed by atoms with Gasteiger partial charge in [-0.1, -0.05) is 12.1 Å². The van der Waals surface area contributed by atoms with Crippen molar-refractivity contribution in [2.75, 3.05) is 5.73 Å². The summed E-state index contributed by atoms with van der Waals surface area (Å²) in [4.78, 5) is 3.17. The number of nitrogens with one attached hydrogen (secondary N) is 2. The van der Waals surface area contributed by atoms with Crippen LogP contribution in [0.1, 0.15) is 0 Å². The van der Waals surface area contributed by atoms with E-state index in [0.717, 1.165) is 16.6 Å². The standard InChI is InChI=1S/C11H10N4/c12-11-9(6-14-15-11)8-2-1-7-3-4-13-10(7)5-8/h1-6,13H,(H3,12,14,15). The first-order chi connectivity index (χ1) is 7.34. The minimum atomic E-state index is 0.598. The summed E-state index contributed by atoms with van der Waals surface area (Å²) in [6.45, 7) is 0. The van der Waals surface area contributed by atoms with Gasteiger partial charge in [0.25, 0.3) is 0 Å². The first-order valence-corrected chi connectivity index (χ1v) is 4.71. The number of aromatic nitrogens is 3. The zero-order valence-corrected chi connectivity index (χ0v) is 7.99. The smallest absolute Gasteiger partial charge is 0.126 e. The molecule has 0 unspecified atom stereocenters. The van der Waals surface area contributed by atoms with Crippen LogP contribution in [0.4, 0.5) is 5.82 Å².